The molecule has 13 nitrogen and oxygen atoms in total. The van der Waals surface area contributed by atoms with Gasteiger partial charge < -0.3 is 24.1 Å². The number of fused-ring (bicyclic) bond motifs is 5. The van der Waals surface area contributed by atoms with Gasteiger partial charge in [-0.2, -0.15) is 5.10 Å². The van der Waals surface area contributed by atoms with Crippen molar-refractivity contribution in [1.82, 2.24) is 20.4 Å². The van der Waals surface area contributed by atoms with Gasteiger partial charge in [0.2, 0.25) is 0 Å². The number of hydrogen-bond acceptors (Lipinski definition) is 15. The molecule has 3 saturated carbocycles. The van der Waals surface area contributed by atoms with Crippen molar-refractivity contribution in [3.63, 3.8) is 0 Å². The van der Waals surface area contributed by atoms with Crippen LogP contribution < -0.4 is 0 Å². The summed E-state index contributed by atoms with van der Waals surface area (Å²) in [5.74, 6) is 0.543. The van der Waals surface area contributed by atoms with Gasteiger partial charge in [0.05, 0.1) is 28.3 Å². The molecule has 8 unspecified atom stereocenters. The maximum Gasteiger partial charge on any atom is 0.312 e. The van der Waals surface area contributed by atoms with Gasteiger partial charge in [-0.1, -0.05) is 47.8 Å². The first-order valence-corrected chi connectivity index (χ1v) is 24.6. The van der Waals surface area contributed by atoms with Crippen molar-refractivity contribution in [3.05, 3.63) is 11.9 Å². The Morgan fingerprint density at radius 2 is 1.43 bits per heavy atom. The van der Waals surface area contributed by atoms with Crippen LogP contribution in [0.5, 0.6) is 0 Å². The summed E-state index contributed by atoms with van der Waals surface area (Å²) in [4.78, 5) is 54.8. The predicted molar refractivity (Wildman–Crippen MR) is 242 cm³/mol. The second-order valence-corrected chi connectivity index (χ2v) is 24.5. The Labute approximate surface area is 381 Å². The number of ether oxygens (including phenoxy) is 4. The standard InChI is InChI=1S/C39H62N2O9S3.C2H2N2S3/c1-10-37(7,32(46)50-35(2,3)4)22-38(8,29(42)43)23-39(9,31(45)48-17-16-47-15-12-18-52-34-41-40-33(51)53-34)21-36(5,6)30(44)49-28-20-24-19-27(28)26-14-11-13-25(24)26;5-1-3-4-2(6)7-1/h24-28H,10-23H2,1-9H3,(H,40,51)(H,42,43);(H,3,5)(H,4,6). The first-order chi connectivity index (χ1) is 27.9. The fourth-order valence-corrected chi connectivity index (χ4v) is 12.9. The fourth-order valence-electron chi connectivity index (χ4n) is 9.68. The van der Waals surface area contributed by atoms with E-state index in [2.05, 4.69) is 20.4 Å². The number of carboxylic acid groups (broad SMARTS) is 1. The van der Waals surface area contributed by atoms with E-state index in [9.17, 15) is 24.3 Å². The minimum Gasteiger partial charge on any atom is -0.481 e. The van der Waals surface area contributed by atoms with Crippen LogP contribution in [0.1, 0.15) is 127 Å². The summed E-state index contributed by atoms with van der Waals surface area (Å²) in [6.07, 6.45) is 6.46. The summed E-state index contributed by atoms with van der Waals surface area (Å²) in [6, 6.07) is 0. The van der Waals surface area contributed by atoms with Crippen LogP contribution in [0.15, 0.2) is 4.34 Å². The van der Waals surface area contributed by atoms with Gasteiger partial charge in [0, 0.05) is 12.4 Å². The minimum absolute atomic E-state index is 0.000947. The fraction of sp³-hybridized carbons (Fsp3) is 0.805. The SMILES string of the molecule is CCC(C)(CC(C)(CC(C)(CC(C)(C)C(=O)OC1CC2CC1C1CCCC21)C(=O)OCCOCCCSc1n[nH]c(=S)s1)C(=O)O)C(=O)OC(C)(C)C.S=c1[nH][nH]c(=S)s1. The van der Waals surface area contributed by atoms with E-state index in [-0.39, 0.29) is 44.5 Å². The molecule has 2 bridgehead atoms. The van der Waals surface area contributed by atoms with Gasteiger partial charge in [-0.3, -0.25) is 34.5 Å². The van der Waals surface area contributed by atoms with E-state index in [0.29, 0.717) is 42.6 Å². The first kappa shape index (κ1) is 50.6. The summed E-state index contributed by atoms with van der Waals surface area (Å²) in [5.41, 5.74) is -6.00. The number of carbonyl (C=O) groups is 4. The molecule has 3 aliphatic rings. The van der Waals surface area contributed by atoms with E-state index in [4.69, 9.17) is 55.6 Å². The molecular weight excluding hydrogens is 885 g/mol. The molecule has 19 heteroatoms. The number of carbonyl (C=O) groups excluding carboxylic acids is 3. The molecule has 60 heavy (non-hydrogen) atoms. The summed E-state index contributed by atoms with van der Waals surface area (Å²) < 4.78 is 26.4. The topological polar surface area (TPSA) is 186 Å². The lowest BCUT2D eigenvalue weighted by molar-refractivity contribution is -0.175. The van der Waals surface area contributed by atoms with E-state index >= 15 is 0 Å². The van der Waals surface area contributed by atoms with Crippen molar-refractivity contribution >= 4 is 95.0 Å². The number of aliphatic carboxylic acids is 1. The number of nitrogens with one attached hydrogen (secondary N) is 3. The third-order valence-corrected chi connectivity index (χ3v) is 15.8. The highest BCUT2D eigenvalue weighted by Crippen LogP contribution is 2.60. The third kappa shape index (κ3) is 13.7. The van der Waals surface area contributed by atoms with Gasteiger partial charge in [0.15, 0.2) is 16.2 Å². The molecule has 2 aromatic rings. The molecule has 0 radical (unpaired) electrons. The quantitative estimate of drug-likeness (QED) is 0.0323. The first-order valence-electron chi connectivity index (χ1n) is 20.8. The number of esters is 3. The molecule has 3 fully saturated rings. The van der Waals surface area contributed by atoms with Gasteiger partial charge in [0.25, 0.3) is 0 Å². The molecule has 2 heterocycles. The normalized spacial score (nSPS) is 23.9. The molecule has 5 rings (SSSR count). The van der Waals surface area contributed by atoms with Crippen molar-refractivity contribution < 1.29 is 43.2 Å². The number of nitrogens with zero attached hydrogens (tertiary/aromatic N) is 1. The van der Waals surface area contributed by atoms with E-state index in [1.807, 2.05) is 6.92 Å². The number of carboxylic acids is 1. The third-order valence-electron chi connectivity index (χ3n) is 12.2. The summed E-state index contributed by atoms with van der Waals surface area (Å²) in [6.45, 7) is 16.2. The van der Waals surface area contributed by atoms with Crippen LogP contribution in [0, 0.1) is 57.2 Å². The van der Waals surface area contributed by atoms with Crippen LogP contribution in [0.4, 0.5) is 0 Å². The van der Waals surface area contributed by atoms with Gasteiger partial charge in [-0.15, -0.1) is 0 Å². The van der Waals surface area contributed by atoms with Crippen molar-refractivity contribution in [2.45, 2.75) is 143 Å². The Hall–Kier alpha value is -2.03. The Kier molecular flexibility index (Phi) is 17.8. The van der Waals surface area contributed by atoms with Crippen molar-refractivity contribution in [2.75, 3.05) is 25.6 Å². The lowest BCUT2D eigenvalue weighted by Gasteiger charge is -2.42. The van der Waals surface area contributed by atoms with Crippen LogP contribution >= 0.6 is 71.1 Å². The molecule has 4 N–H and O–H groups in total. The van der Waals surface area contributed by atoms with Gasteiger partial charge in [0.1, 0.15) is 18.3 Å². The zero-order valence-electron chi connectivity index (χ0n) is 36.4. The van der Waals surface area contributed by atoms with Crippen molar-refractivity contribution in [3.8, 4) is 0 Å². The summed E-state index contributed by atoms with van der Waals surface area (Å²) >= 11 is 18.8. The predicted octanol–water partition coefficient (Wildman–Crippen LogP) is 10.5. The molecule has 3 aliphatic carbocycles. The van der Waals surface area contributed by atoms with E-state index < -0.39 is 45.2 Å². The van der Waals surface area contributed by atoms with Gasteiger partial charge >= 0.3 is 23.9 Å². The highest BCUT2D eigenvalue weighted by molar-refractivity contribution is 8.01. The van der Waals surface area contributed by atoms with Crippen LogP contribution in [-0.4, -0.2) is 86.7 Å². The van der Waals surface area contributed by atoms with Crippen molar-refractivity contribution in [1.29, 1.82) is 0 Å². The second-order valence-electron chi connectivity index (χ2n) is 19.1. The Morgan fingerprint density at radius 3 is 2.00 bits per heavy atom. The molecule has 0 aromatic carbocycles. The number of hydrogen-bond donors (Lipinski definition) is 4. The number of H-pyrrole nitrogens is 3. The van der Waals surface area contributed by atoms with Crippen molar-refractivity contribution in [2.24, 2.45) is 45.3 Å². The second kappa shape index (κ2) is 21.1. The smallest absolute Gasteiger partial charge is 0.312 e. The Morgan fingerprint density at radius 1 is 0.783 bits per heavy atom. The minimum atomic E-state index is -1.55. The molecule has 0 spiro atoms. The largest absolute Gasteiger partial charge is 0.481 e. The average molecular weight is 949 g/mol. The summed E-state index contributed by atoms with van der Waals surface area (Å²) in [5, 5.41) is 23.0. The van der Waals surface area contributed by atoms with Crippen LogP contribution in [0.25, 0.3) is 0 Å². The monoisotopic (exact) mass is 948 g/mol. The number of thioether (sulfide) groups is 1. The summed E-state index contributed by atoms with van der Waals surface area (Å²) in [7, 11) is 0. The highest BCUT2D eigenvalue weighted by Gasteiger charge is 2.57. The zero-order chi connectivity index (χ0) is 44.7. The molecule has 0 aliphatic heterocycles. The molecule has 2 aromatic heterocycles. The highest BCUT2D eigenvalue weighted by atomic mass is 32.2. The van der Waals surface area contributed by atoms with Crippen LogP contribution in [0.2, 0.25) is 0 Å². The van der Waals surface area contributed by atoms with Crippen LogP contribution in [0.3, 0.4) is 0 Å². The molecular formula is C41H64N4O9S6. The number of aromatic nitrogens is 4. The lowest BCUT2D eigenvalue weighted by Crippen LogP contribution is -2.47. The Bertz CT molecular complexity index is 1940. The van der Waals surface area contributed by atoms with E-state index in [0.717, 1.165) is 35.3 Å². The zero-order valence-corrected chi connectivity index (χ0v) is 41.3. The molecule has 0 amide bonds. The molecule has 338 valence electrons. The average Bonchev–Trinajstić information content (AvgIpc) is 3.99. The number of aromatic amines is 3. The van der Waals surface area contributed by atoms with Gasteiger partial charge in [-0.05, 0) is 174 Å². The molecule has 0 saturated heterocycles. The van der Waals surface area contributed by atoms with E-state index in [1.165, 1.54) is 41.9 Å². The van der Waals surface area contributed by atoms with Gasteiger partial charge in [-0.25, -0.2) is 0 Å². The maximum atomic E-state index is 14.2. The van der Waals surface area contributed by atoms with Crippen LogP contribution in [-0.2, 0) is 38.1 Å². The Balaban J connectivity index is 0.00000102. The molecule has 8 atom stereocenters. The lowest BCUT2D eigenvalue weighted by atomic mass is 9.61. The number of rotatable bonds is 20. The van der Waals surface area contributed by atoms with E-state index in [1.54, 1.807) is 67.2 Å². The maximum absolute atomic E-state index is 14.2.